The van der Waals surface area contributed by atoms with Crippen LogP contribution in [0, 0.1) is 0 Å². The summed E-state index contributed by atoms with van der Waals surface area (Å²) < 4.78 is 16.1. The van der Waals surface area contributed by atoms with Crippen LogP contribution in [0.5, 0.6) is 17.2 Å². The van der Waals surface area contributed by atoms with Gasteiger partial charge < -0.3 is 19.5 Å². The number of benzene rings is 1. The maximum absolute atomic E-state index is 5.45. The first kappa shape index (κ1) is 15.4. The number of methoxy groups -OCH3 is 3. The Morgan fingerprint density at radius 2 is 1.68 bits per heavy atom. The van der Waals surface area contributed by atoms with Crippen LogP contribution in [0.1, 0.15) is 24.4 Å². The molecule has 0 spiro atoms. The Bertz CT molecular complexity index is 418. The zero-order chi connectivity index (χ0) is 14.3. The van der Waals surface area contributed by atoms with E-state index in [1.165, 1.54) is 0 Å². The second-order valence-corrected chi connectivity index (χ2v) is 4.16. The molecule has 0 aliphatic rings. The van der Waals surface area contributed by atoms with E-state index in [4.69, 9.17) is 14.2 Å². The molecule has 4 heteroatoms. The van der Waals surface area contributed by atoms with Gasteiger partial charge >= 0.3 is 0 Å². The van der Waals surface area contributed by atoms with E-state index in [1.807, 2.05) is 25.3 Å². The molecule has 0 bridgehead atoms. The quantitative estimate of drug-likeness (QED) is 0.734. The zero-order valence-electron chi connectivity index (χ0n) is 12.2. The van der Waals surface area contributed by atoms with E-state index in [9.17, 15) is 0 Å². The fraction of sp³-hybridized carbons (Fsp3) is 0.467. The molecule has 1 N–H and O–H groups in total. The summed E-state index contributed by atoms with van der Waals surface area (Å²) in [5.74, 6) is 2.17. The summed E-state index contributed by atoms with van der Waals surface area (Å²) in [7, 11) is 6.84. The van der Waals surface area contributed by atoms with Crippen molar-refractivity contribution >= 4 is 0 Å². The minimum atomic E-state index is 0.188. The van der Waals surface area contributed by atoms with Gasteiger partial charge in [0.25, 0.3) is 0 Å². The fourth-order valence-corrected chi connectivity index (χ4v) is 2.07. The van der Waals surface area contributed by atoms with Crippen LogP contribution >= 0.6 is 0 Å². The zero-order valence-corrected chi connectivity index (χ0v) is 12.2. The number of allylic oxidation sites excluding steroid dienone is 1. The Labute approximate surface area is 115 Å². The smallest absolute Gasteiger partial charge is 0.164 e. The lowest BCUT2D eigenvalue weighted by atomic mass is 10.00. The molecular formula is C15H23NO3. The number of nitrogens with one attached hydrogen (secondary N) is 1. The minimum absolute atomic E-state index is 0.188. The van der Waals surface area contributed by atoms with E-state index in [0.717, 1.165) is 24.2 Å². The van der Waals surface area contributed by atoms with Gasteiger partial charge in [0.2, 0.25) is 0 Å². The number of hydrogen-bond acceptors (Lipinski definition) is 4. The van der Waals surface area contributed by atoms with E-state index >= 15 is 0 Å². The van der Waals surface area contributed by atoms with Crippen molar-refractivity contribution in [1.82, 2.24) is 5.32 Å². The maximum atomic E-state index is 5.45. The van der Waals surface area contributed by atoms with Crippen molar-refractivity contribution in [3.05, 3.63) is 30.4 Å². The van der Waals surface area contributed by atoms with Gasteiger partial charge in [-0.2, -0.15) is 0 Å². The van der Waals surface area contributed by atoms with Crippen molar-refractivity contribution < 1.29 is 14.2 Å². The molecule has 1 unspecified atom stereocenters. The second-order valence-electron chi connectivity index (χ2n) is 4.16. The summed E-state index contributed by atoms with van der Waals surface area (Å²) in [6, 6.07) is 4.00. The first-order chi connectivity index (χ1) is 9.21. The average Bonchev–Trinajstić information content (AvgIpc) is 2.47. The van der Waals surface area contributed by atoms with Gasteiger partial charge in [-0.3, -0.25) is 0 Å². The molecule has 1 rings (SSSR count). The van der Waals surface area contributed by atoms with Crippen LogP contribution in [0.4, 0.5) is 0 Å². The maximum Gasteiger partial charge on any atom is 0.164 e. The van der Waals surface area contributed by atoms with Gasteiger partial charge in [0.05, 0.1) is 21.3 Å². The molecule has 19 heavy (non-hydrogen) atoms. The standard InChI is InChI=1S/C15H23NO3/c1-6-7-8-12(16-2)11-9-14(18-4)15(19-5)10-13(11)17-3/h6,9-10,12,16H,1,7-8H2,2-5H3. The Kier molecular flexibility index (Phi) is 6.22. The van der Waals surface area contributed by atoms with E-state index < -0.39 is 0 Å². The van der Waals surface area contributed by atoms with E-state index in [2.05, 4.69) is 11.9 Å². The predicted molar refractivity (Wildman–Crippen MR) is 77.3 cm³/mol. The van der Waals surface area contributed by atoms with Gasteiger partial charge in [-0.15, -0.1) is 6.58 Å². The normalized spacial score (nSPS) is 11.8. The third-order valence-electron chi connectivity index (χ3n) is 3.12. The van der Waals surface area contributed by atoms with Crippen LogP contribution in [-0.4, -0.2) is 28.4 Å². The lowest BCUT2D eigenvalue weighted by molar-refractivity contribution is 0.345. The molecule has 0 fully saturated rings. The Hall–Kier alpha value is -1.68. The molecule has 0 radical (unpaired) electrons. The van der Waals surface area contributed by atoms with Gasteiger partial charge in [0, 0.05) is 17.7 Å². The fourth-order valence-electron chi connectivity index (χ4n) is 2.07. The summed E-state index contributed by atoms with van der Waals surface area (Å²) in [5.41, 5.74) is 1.06. The highest BCUT2D eigenvalue weighted by Crippen LogP contribution is 2.38. The highest BCUT2D eigenvalue weighted by atomic mass is 16.5. The molecule has 0 aliphatic carbocycles. The van der Waals surface area contributed by atoms with Crippen LogP contribution in [-0.2, 0) is 0 Å². The first-order valence-corrected chi connectivity index (χ1v) is 6.29. The molecule has 0 heterocycles. The summed E-state index contributed by atoms with van der Waals surface area (Å²) in [6.45, 7) is 3.76. The van der Waals surface area contributed by atoms with Crippen molar-refractivity contribution in [1.29, 1.82) is 0 Å². The largest absolute Gasteiger partial charge is 0.496 e. The first-order valence-electron chi connectivity index (χ1n) is 6.29. The van der Waals surface area contributed by atoms with Crippen LogP contribution in [0.25, 0.3) is 0 Å². The van der Waals surface area contributed by atoms with Crippen LogP contribution in [0.15, 0.2) is 24.8 Å². The van der Waals surface area contributed by atoms with Crippen molar-refractivity contribution in [2.45, 2.75) is 18.9 Å². The predicted octanol–water partition coefficient (Wildman–Crippen LogP) is 2.94. The van der Waals surface area contributed by atoms with Crippen molar-refractivity contribution in [2.24, 2.45) is 0 Å². The molecule has 1 aromatic carbocycles. The van der Waals surface area contributed by atoms with Crippen molar-refractivity contribution in [3.8, 4) is 17.2 Å². The molecule has 0 aromatic heterocycles. The third-order valence-corrected chi connectivity index (χ3v) is 3.12. The molecular weight excluding hydrogens is 242 g/mol. The summed E-state index contributed by atoms with van der Waals surface area (Å²) in [4.78, 5) is 0. The monoisotopic (exact) mass is 265 g/mol. The molecule has 106 valence electrons. The van der Waals surface area contributed by atoms with Crippen LogP contribution in [0.3, 0.4) is 0 Å². The third kappa shape index (κ3) is 3.64. The molecule has 0 aliphatic heterocycles. The lowest BCUT2D eigenvalue weighted by Crippen LogP contribution is -2.17. The minimum Gasteiger partial charge on any atom is -0.496 e. The Balaban J connectivity index is 3.18. The van der Waals surface area contributed by atoms with Gasteiger partial charge in [-0.05, 0) is 26.0 Å². The summed E-state index contributed by atoms with van der Waals surface area (Å²) in [5, 5.41) is 3.29. The lowest BCUT2D eigenvalue weighted by Gasteiger charge is -2.21. The second kappa shape index (κ2) is 7.69. The molecule has 0 saturated carbocycles. The highest BCUT2D eigenvalue weighted by molar-refractivity contribution is 5.51. The molecule has 0 saturated heterocycles. The highest BCUT2D eigenvalue weighted by Gasteiger charge is 2.18. The van der Waals surface area contributed by atoms with E-state index in [-0.39, 0.29) is 6.04 Å². The van der Waals surface area contributed by atoms with Gasteiger partial charge in [-0.1, -0.05) is 6.08 Å². The van der Waals surface area contributed by atoms with Crippen LogP contribution < -0.4 is 19.5 Å². The topological polar surface area (TPSA) is 39.7 Å². The summed E-state index contributed by atoms with van der Waals surface area (Å²) in [6.07, 6.45) is 3.80. The number of hydrogen-bond donors (Lipinski definition) is 1. The molecule has 0 amide bonds. The van der Waals surface area contributed by atoms with Crippen molar-refractivity contribution in [3.63, 3.8) is 0 Å². The molecule has 1 aromatic rings. The van der Waals surface area contributed by atoms with Gasteiger partial charge in [-0.25, -0.2) is 0 Å². The SMILES string of the molecule is C=CCCC(NC)c1cc(OC)c(OC)cc1OC. The molecule has 4 nitrogen and oxygen atoms in total. The molecule has 1 atom stereocenters. The Morgan fingerprint density at radius 3 is 2.16 bits per heavy atom. The van der Waals surface area contributed by atoms with Crippen LogP contribution in [0.2, 0.25) is 0 Å². The van der Waals surface area contributed by atoms with E-state index in [0.29, 0.717) is 11.5 Å². The number of rotatable bonds is 8. The van der Waals surface area contributed by atoms with E-state index in [1.54, 1.807) is 21.3 Å². The van der Waals surface area contributed by atoms with Gasteiger partial charge in [0.1, 0.15) is 5.75 Å². The number of ether oxygens (including phenoxy) is 3. The summed E-state index contributed by atoms with van der Waals surface area (Å²) >= 11 is 0. The van der Waals surface area contributed by atoms with Crippen molar-refractivity contribution in [2.75, 3.05) is 28.4 Å². The van der Waals surface area contributed by atoms with Gasteiger partial charge in [0.15, 0.2) is 11.5 Å². The average molecular weight is 265 g/mol. The Morgan fingerprint density at radius 1 is 1.11 bits per heavy atom.